The van der Waals surface area contributed by atoms with E-state index in [0.717, 1.165) is 5.69 Å². The number of para-hydroxylation sites is 1. The molecule has 0 saturated heterocycles. The predicted octanol–water partition coefficient (Wildman–Crippen LogP) is 2.01. The van der Waals surface area contributed by atoms with Crippen molar-refractivity contribution in [1.29, 1.82) is 0 Å². The minimum atomic E-state index is -0.0643. The summed E-state index contributed by atoms with van der Waals surface area (Å²) in [5.74, 6) is -0.0581. The van der Waals surface area contributed by atoms with Gasteiger partial charge in [-0.25, -0.2) is 0 Å². The van der Waals surface area contributed by atoms with Crippen LogP contribution in [0.3, 0.4) is 0 Å². The Balaban J connectivity index is 2.45. The Morgan fingerprint density at radius 3 is 2.42 bits per heavy atom. The lowest BCUT2D eigenvalue weighted by atomic mass is 9.85. The Morgan fingerprint density at radius 2 is 1.89 bits per heavy atom. The van der Waals surface area contributed by atoms with E-state index >= 15 is 0 Å². The van der Waals surface area contributed by atoms with Crippen molar-refractivity contribution in [3.8, 4) is 0 Å². The van der Waals surface area contributed by atoms with Crippen molar-refractivity contribution in [2.24, 2.45) is 5.41 Å². The highest BCUT2D eigenvalue weighted by molar-refractivity contribution is 5.81. The van der Waals surface area contributed by atoms with Crippen LogP contribution in [0.4, 0.5) is 5.69 Å². The number of benzene rings is 1. The summed E-state index contributed by atoms with van der Waals surface area (Å²) >= 11 is 0. The molecule has 0 spiro atoms. The zero-order valence-corrected chi connectivity index (χ0v) is 11.9. The molecule has 19 heavy (non-hydrogen) atoms. The van der Waals surface area contributed by atoms with E-state index in [4.69, 9.17) is 5.11 Å². The van der Waals surface area contributed by atoms with E-state index in [0.29, 0.717) is 6.42 Å². The molecule has 0 saturated carbocycles. The average molecular weight is 264 g/mol. The van der Waals surface area contributed by atoms with Crippen LogP contribution in [0.5, 0.6) is 0 Å². The van der Waals surface area contributed by atoms with Crippen molar-refractivity contribution < 1.29 is 9.90 Å². The van der Waals surface area contributed by atoms with Crippen LogP contribution in [0.2, 0.25) is 0 Å². The molecular weight excluding hydrogens is 240 g/mol. The van der Waals surface area contributed by atoms with Crippen LogP contribution in [0.15, 0.2) is 30.3 Å². The van der Waals surface area contributed by atoms with Crippen molar-refractivity contribution in [3.05, 3.63) is 30.3 Å². The van der Waals surface area contributed by atoms with Crippen LogP contribution in [0, 0.1) is 5.41 Å². The molecule has 0 bridgehead atoms. The van der Waals surface area contributed by atoms with Gasteiger partial charge < -0.3 is 15.7 Å². The molecule has 106 valence electrons. The standard InChI is InChI=1S/C15H24N2O2/c1-15(2,3)13(9-10-18)17-14(19)11-16-12-7-5-4-6-8-12/h4-8,13,16,18H,9-11H2,1-3H3,(H,17,19). The lowest BCUT2D eigenvalue weighted by Gasteiger charge is -2.31. The van der Waals surface area contributed by atoms with Crippen molar-refractivity contribution in [2.75, 3.05) is 18.5 Å². The Kier molecular flexibility index (Phi) is 5.83. The summed E-state index contributed by atoms with van der Waals surface area (Å²) in [6.07, 6.45) is 0.570. The molecular formula is C15H24N2O2. The Bertz CT molecular complexity index is 385. The molecule has 1 unspecified atom stereocenters. The fraction of sp³-hybridized carbons (Fsp3) is 0.533. The van der Waals surface area contributed by atoms with Gasteiger partial charge in [-0.15, -0.1) is 0 Å². The summed E-state index contributed by atoms with van der Waals surface area (Å²) in [7, 11) is 0. The molecule has 1 amide bonds. The average Bonchev–Trinajstić information content (AvgIpc) is 2.36. The van der Waals surface area contributed by atoms with Gasteiger partial charge in [0.25, 0.3) is 0 Å². The van der Waals surface area contributed by atoms with Crippen LogP contribution in [0.1, 0.15) is 27.2 Å². The first-order valence-corrected chi connectivity index (χ1v) is 6.62. The fourth-order valence-corrected chi connectivity index (χ4v) is 1.83. The molecule has 3 N–H and O–H groups in total. The third-order valence-electron chi connectivity index (χ3n) is 3.03. The highest BCUT2D eigenvalue weighted by atomic mass is 16.3. The number of nitrogens with one attached hydrogen (secondary N) is 2. The maximum atomic E-state index is 11.9. The van der Waals surface area contributed by atoms with Gasteiger partial charge in [0.1, 0.15) is 0 Å². The predicted molar refractivity (Wildman–Crippen MR) is 78.0 cm³/mol. The Labute approximate surface area is 115 Å². The number of carbonyl (C=O) groups excluding carboxylic acids is 1. The van der Waals surface area contributed by atoms with Gasteiger partial charge in [0.2, 0.25) is 5.91 Å². The molecule has 0 aromatic heterocycles. The minimum absolute atomic E-state index is 0.0254. The Morgan fingerprint density at radius 1 is 1.26 bits per heavy atom. The SMILES string of the molecule is CC(C)(C)C(CCO)NC(=O)CNc1ccccc1. The summed E-state index contributed by atoms with van der Waals surface area (Å²) in [6.45, 7) is 6.48. The van der Waals surface area contributed by atoms with Crippen LogP contribution in [0.25, 0.3) is 0 Å². The number of aliphatic hydroxyl groups is 1. The van der Waals surface area contributed by atoms with Gasteiger partial charge >= 0.3 is 0 Å². The largest absolute Gasteiger partial charge is 0.396 e. The smallest absolute Gasteiger partial charge is 0.239 e. The maximum Gasteiger partial charge on any atom is 0.239 e. The van der Waals surface area contributed by atoms with Crippen LogP contribution >= 0.6 is 0 Å². The Hall–Kier alpha value is -1.55. The zero-order valence-electron chi connectivity index (χ0n) is 11.9. The van der Waals surface area contributed by atoms with E-state index in [-0.39, 0.29) is 30.5 Å². The van der Waals surface area contributed by atoms with Gasteiger partial charge in [0.05, 0.1) is 6.54 Å². The molecule has 0 aliphatic rings. The first kappa shape index (κ1) is 15.5. The summed E-state index contributed by atoms with van der Waals surface area (Å²) in [6, 6.07) is 9.59. The van der Waals surface area contributed by atoms with E-state index in [1.807, 2.05) is 30.3 Å². The first-order valence-electron chi connectivity index (χ1n) is 6.62. The molecule has 0 aliphatic heterocycles. The number of hydrogen-bond donors (Lipinski definition) is 3. The van der Waals surface area contributed by atoms with E-state index < -0.39 is 0 Å². The second-order valence-corrected chi connectivity index (χ2v) is 5.72. The maximum absolute atomic E-state index is 11.9. The van der Waals surface area contributed by atoms with Crippen molar-refractivity contribution in [2.45, 2.75) is 33.2 Å². The summed E-state index contributed by atoms with van der Waals surface area (Å²) in [5.41, 5.74) is 0.859. The van der Waals surface area contributed by atoms with Crippen LogP contribution in [-0.4, -0.2) is 30.2 Å². The van der Waals surface area contributed by atoms with Crippen molar-refractivity contribution >= 4 is 11.6 Å². The second kappa shape index (κ2) is 7.14. The normalized spacial score (nSPS) is 12.8. The van der Waals surface area contributed by atoms with Gasteiger partial charge in [0.15, 0.2) is 0 Å². The van der Waals surface area contributed by atoms with Gasteiger partial charge in [-0.2, -0.15) is 0 Å². The highest BCUT2D eigenvalue weighted by Crippen LogP contribution is 2.21. The first-order chi connectivity index (χ1) is 8.93. The molecule has 0 fully saturated rings. The third-order valence-corrected chi connectivity index (χ3v) is 3.03. The monoisotopic (exact) mass is 264 g/mol. The molecule has 0 aliphatic carbocycles. The number of anilines is 1. The molecule has 1 rings (SSSR count). The minimum Gasteiger partial charge on any atom is -0.396 e. The lowest BCUT2D eigenvalue weighted by Crippen LogP contribution is -2.46. The van der Waals surface area contributed by atoms with Crippen LogP contribution < -0.4 is 10.6 Å². The summed E-state index contributed by atoms with van der Waals surface area (Å²) < 4.78 is 0. The van der Waals surface area contributed by atoms with E-state index in [1.165, 1.54) is 0 Å². The number of hydrogen-bond acceptors (Lipinski definition) is 3. The lowest BCUT2D eigenvalue weighted by molar-refractivity contribution is -0.121. The third kappa shape index (κ3) is 5.75. The summed E-state index contributed by atoms with van der Waals surface area (Å²) in [4.78, 5) is 11.9. The second-order valence-electron chi connectivity index (χ2n) is 5.72. The molecule has 0 radical (unpaired) electrons. The van der Waals surface area contributed by atoms with E-state index in [9.17, 15) is 4.79 Å². The van der Waals surface area contributed by atoms with Crippen molar-refractivity contribution in [1.82, 2.24) is 5.32 Å². The molecule has 1 aromatic rings. The number of amides is 1. The summed E-state index contributed by atoms with van der Waals surface area (Å²) in [5, 5.41) is 15.1. The fourth-order valence-electron chi connectivity index (χ4n) is 1.83. The molecule has 4 heteroatoms. The number of carbonyl (C=O) groups is 1. The number of rotatable bonds is 6. The molecule has 0 heterocycles. The zero-order chi connectivity index (χ0) is 14.3. The highest BCUT2D eigenvalue weighted by Gasteiger charge is 2.25. The number of aliphatic hydroxyl groups excluding tert-OH is 1. The molecule has 4 nitrogen and oxygen atoms in total. The van der Waals surface area contributed by atoms with E-state index in [1.54, 1.807) is 0 Å². The molecule has 1 atom stereocenters. The van der Waals surface area contributed by atoms with Crippen molar-refractivity contribution in [3.63, 3.8) is 0 Å². The molecule has 1 aromatic carbocycles. The van der Waals surface area contributed by atoms with Gasteiger partial charge in [-0.1, -0.05) is 39.0 Å². The van der Waals surface area contributed by atoms with Gasteiger partial charge in [0, 0.05) is 18.3 Å². The topological polar surface area (TPSA) is 61.4 Å². The van der Waals surface area contributed by atoms with Gasteiger partial charge in [-0.3, -0.25) is 4.79 Å². The van der Waals surface area contributed by atoms with Crippen LogP contribution in [-0.2, 0) is 4.79 Å². The van der Waals surface area contributed by atoms with Gasteiger partial charge in [-0.05, 0) is 24.0 Å². The quantitative estimate of drug-likeness (QED) is 0.736. The van der Waals surface area contributed by atoms with E-state index in [2.05, 4.69) is 31.4 Å².